The van der Waals surface area contributed by atoms with Crippen LogP contribution in [0, 0.1) is 0 Å². The molecule has 2 aromatic carbocycles. The third kappa shape index (κ3) is 5.89. The van der Waals surface area contributed by atoms with Crippen LogP contribution < -0.4 is 5.32 Å². The molecule has 0 radical (unpaired) electrons. The molecule has 0 atom stereocenters. The van der Waals surface area contributed by atoms with E-state index in [1.807, 2.05) is 45.0 Å². The van der Waals surface area contributed by atoms with E-state index in [0.29, 0.717) is 10.6 Å². The second-order valence-electron chi connectivity index (χ2n) is 6.71. The summed E-state index contributed by atoms with van der Waals surface area (Å²) in [7, 11) is 0. The first kappa shape index (κ1) is 18.3. The van der Waals surface area contributed by atoms with Gasteiger partial charge in [-0.05, 0) is 57.4 Å². The van der Waals surface area contributed by atoms with Crippen LogP contribution in [0.25, 0.3) is 0 Å². The highest BCUT2D eigenvalue weighted by molar-refractivity contribution is 6.31. The molecule has 0 saturated carbocycles. The number of benzene rings is 2. The van der Waals surface area contributed by atoms with Gasteiger partial charge in [-0.1, -0.05) is 41.9 Å². The lowest BCUT2D eigenvalue weighted by Crippen LogP contribution is -2.24. The van der Waals surface area contributed by atoms with Gasteiger partial charge in [-0.3, -0.25) is 0 Å². The van der Waals surface area contributed by atoms with Gasteiger partial charge in [0.15, 0.2) is 0 Å². The lowest BCUT2D eigenvalue weighted by molar-refractivity contribution is 0.00707. The predicted octanol–water partition coefficient (Wildman–Crippen LogP) is 5.34. The van der Waals surface area contributed by atoms with Crippen LogP contribution >= 0.6 is 11.6 Å². The first-order valence-corrected chi connectivity index (χ1v) is 8.54. The highest BCUT2D eigenvalue weighted by Gasteiger charge is 2.20. The lowest BCUT2D eigenvalue weighted by atomic mass is 10.1. The van der Waals surface area contributed by atoms with Gasteiger partial charge in [0.2, 0.25) is 0 Å². The van der Waals surface area contributed by atoms with Crippen LogP contribution in [0.2, 0.25) is 5.02 Å². The molecule has 0 aliphatic carbocycles. The van der Waals surface area contributed by atoms with Crippen LogP contribution in [0.1, 0.15) is 43.1 Å². The average molecular weight is 346 g/mol. The number of esters is 1. The minimum absolute atomic E-state index is 0.365. The van der Waals surface area contributed by atoms with Crippen molar-refractivity contribution in [3.63, 3.8) is 0 Å². The maximum Gasteiger partial charge on any atom is 0.340 e. The Kier molecular flexibility index (Phi) is 6.27. The van der Waals surface area contributed by atoms with Crippen LogP contribution in [0.5, 0.6) is 0 Å². The lowest BCUT2D eigenvalue weighted by Gasteiger charge is -2.21. The number of ether oxygens (including phenoxy) is 1. The number of halogens is 1. The van der Waals surface area contributed by atoms with Gasteiger partial charge in [-0.15, -0.1) is 0 Å². The van der Waals surface area contributed by atoms with Crippen molar-refractivity contribution < 1.29 is 9.53 Å². The van der Waals surface area contributed by atoms with Crippen molar-refractivity contribution in [2.75, 3.05) is 11.9 Å². The minimum Gasteiger partial charge on any atom is -0.456 e. The van der Waals surface area contributed by atoms with E-state index in [0.717, 1.165) is 25.1 Å². The summed E-state index contributed by atoms with van der Waals surface area (Å²) in [4.78, 5) is 12.4. The fourth-order valence-corrected chi connectivity index (χ4v) is 2.50. The van der Waals surface area contributed by atoms with Crippen LogP contribution in [0.15, 0.2) is 48.5 Å². The Morgan fingerprint density at radius 3 is 2.50 bits per heavy atom. The van der Waals surface area contributed by atoms with Gasteiger partial charge in [0.05, 0.1) is 5.56 Å². The molecule has 0 aliphatic heterocycles. The van der Waals surface area contributed by atoms with Crippen molar-refractivity contribution in [1.29, 1.82) is 0 Å². The Hall–Kier alpha value is -2.00. The summed E-state index contributed by atoms with van der Waals surface area (Å²) in [6.45, 7) is 6.32. The van der Waals surface area contributed by atoms with Crippen LogP contribution in [-0.4, -0.2) is 18.1 Å². The van der Waals surface area contributed by atoms with Gasteiger partial charge in [0.25, 0.3) is 0 Å². The van der Waals surface area contributed by atoms with Gasteiger partial charge in [-0.2, -0.15) is 0 Å². The fourth-order valence-electron chi connectivity index (χ4n) is 2.33. The number of nitrogens with one attached hydrogen (secondary N) is 1. The Bertz CT molecular complexity index is 678. The van der Waals surface area contributed by atoms with E-state index in [-0.39, 0.29) is 5.97 Å². The molecule has 0 unspecified atom stereocenters. The van der Waals surface area contributed by atoms with E-state index >= 15 is 0 Å². The quantitative estimate of drug-likeness (QED) is 0.567. The monoisotopic (exact) mass is 345 g/mol. The number of hydrogen-bond acceptors (Lipinski definition) is 3. The van der Waals surface area contributed by atoms with Crippen molar-refractivity contribution in [1.82, 2.24) is 0 Å². The van der Waals surface area contributed by atoms with E-state index in [1.54, 1.807) is 12.1 Å². The number of rotatable bonds is 6. The van der Waals surface area contributed by atoms with Gasteiger partial charge in [0.1, 0.15) is 5.60 Å². The zero-order valence-electron chi connectivity index (χ0n) is 14.4. The summed E-state index contributed by atoms with van der Waals surface area (Å²) in [6, 6.07) is 15.6. The molecule has 0 fully saturated rings. The Morgan fingerprint density at radius 1 is 1.12 bits per heavy atom. The molecule has 0 bridgehead atoms. The molecular formula is C20H24ClNO2. The minimum atomic E-state index is -0.538. The second-order valence-corrected chi connectivity index (χ2v) is 7.14. The molecule has 0 aromatic heterocycles. The van der Waals surface area contributed by atoms with Crippen molar-refractivity contribution in [3.05, 3.63) is 64.7 Å². The number of carbonyl (C=O) groups excluding carboxylic acids is 1. The standard InChI is InChI=1S/C20H24ClNO2/c1-20(2,3)24-19(23)17-14-16(21)11-12-18(17)22-13-7-10-15-8-5-4-6-9-15/h4-6,8-9,11-12,14,22H,7,10,13H2,1-3H3. The molecule has 4 heteroatoms. The molecule has 2 rings (SSSR count). The third-order valence-electron chi connectivity index (χ3n) is 3.40. The SMILES string of the molecule is CC(C)(C)OC(=O)c1cc(Cl)ccc1NCCCc1ccccc1. The highest BCUT2D eigenvalue weighted by Crippen LogP contribution is 2.23. The highest BCUT2D eigenvalue weighted by atomic mass is 35.5. The summed E-state index contributed by atoms with van der Waals surface area (Å²) in [5.74, 6) is -0.365. The number of anilines is 1. The van der Waals surface area contributed by atoms with E-state index in [1.165, 1.54) is 5.56 Å². The molecule has 128 valence electrons. The number of hydrogen-bond donors (Lipinski definition) is 1. The van der Waals surface area contributed by atoms with E-state index < -0.39 is 5.60 Å². The Labute approximate surface area is 149 Å². The average Bonchev–Trinajstić information content (AvgIpc) is 2.52. The topological polar surface area (TPSA) is 38.3 Å². The second kappa shape index (κ2) is 8.20. The zero-order valence-corrected chi connectivity index (χ0v) is 15.2. The van der Waals surface area contributed by atoms with E-state index in [9.17, 15) is 4.79 Å². The van der Waals surface area contributed by atoms with Gasteiger partial charge < -0.3 is 10.1 Å². The number of aryl methyl sites for hydroxylation is 1. The predicted molar refractivity (Wildman–Crippen MR) is 99.9 cm³/mol. The van der Waals surface area contributed by atoms with Gasteiger partial charge >= 0.3 is 5.97 Å². The van der Waals surface area contributed by atoms with Crippen molar-refractivity contribution in [3.8, 4) is 0 Å². The van der Waals surface area contributed by atoms with Crippen LogP contribution in [-0.2, 0) is 11.2 Å². The molecule has 0 saturated heterocycles. The molecule has 0 amide bonds. The van der Waals surface area contributed by atoms with Crippen molar-refractivity contribution in [2.24, 2.45) is 0 Å². The van der Waals surface area contributed by atoms with Crippen LogP contribution in [0.3, 0.4) is 0 Å². The molecule has 0 aliphatic rings. The normalized spacial score (nSPS) is 11.2. The molecule has 24 heavy (non-hydrogen) atoms. The summed E-state index contributed by atoms with van der Waals surface area (Å²) >= 11 is 6.04. The third-order valence-corrected chi connectivity index (χ3v) is 3.64. The molecule has 0 spiro atoms. The number of carbonyl (C=O) groups is 1. The maximum atomic E-state index is 12.4. The summed E-state index contributed by atoms with van der Waals surface area (Å²) in [6.07, 6.45) is 1.96. The van der Waals surface area contributed by atoms with Crippen LogP contribution in [0.4, 0.5) is 5.69 Å². The van der Waals surface area contributed by atoms with Gasteiger partial charge in [-0.25, -0.2) is 4.79 Å². The summed E-state index contributed by atoms with van der Waals surface area (Å²) in [5.41, 5.74) is 1.99. The van der Waals surface area contributed by atoms with E-state index in [4.69, 9.17) is 16.3 Å². The molecule has 0 heterocycles. The molecule has 3 nitrogen and oxygen atoms in total. The van der Waals surface area contributed by atoms with Crippen molar-refractivity contribution >= 4 is 23.3 Å². The zero-order chi connectivity index (χ0) is 17.6. The molecule has 2 aromatic rings. The first-order valence-electron chi connectivity index (χ1n) is 8.16. The smallest absolute Gasteiger partial charge is 0.340 e. The summed E-state index contributed by atoms with van der Waals surface area (Å²) in [5, 5.41) is 3.84. The fraction of sp³-hybridized carbons (Fsp3) is 0.350. The largest absolute Gasteiger partial charge is 0.456 e. The molecular weight excluding hydrogens is 322 g/mol. The Morgan fingerprint density at radius 2 is 1.83 bits per heavy atom. The van der Waals surface area contributed by atoms with E-state index in [2.05, 4.69) is 17.4 Å². The van der Waals surface area contributed by atoms with Crippen molar-refractivity contribution in [2.45, 2.75) is 39.2 Å². The Balaban J connectivity index is 1.98. The molecule has 1 N–H and O–H groups in total. The summed E-state index contributed by atoms with van der Waals surface area (Å²) < 4.78 is 5.46. The first-order chi connectivity index (χ1) is 11.3. The van der Waals surface area contributed by atoms with Gasteiger partial charge in [0, 0.05) is 17.3 Å². The maximum absolute atomic E-state index is 12.4.